The lowest BCUT2D eigenvalue weighted by Gasteiger charge is -2.61. The van der Waals surface area contributed by atoms with Crippen LogP contribution in [0.2, 0.25) is 0 Å². The Morgan fingerprint density at radius 3 is 1.73 bits per heavy atom. The van der Waals surface area contributed by atoms with E-state index in [2.05, 4.69) is 183 Å². The van der Waals surface area contributed by atoms with E-state index in [1.54, 1.807) is 11.1 Å². The molecule has 13 rings (SSSR count). The zero-order valence-electron chi connectivity index (χ0n) is 32.4. The quantitative estimate of drug-likeness (QED) is 0.171. The third-order valence-electron chi connectivity index (χ3n) is 15.0. The van der Waals surface area contributed by atoms with E-state index in [1.165, 1.54) is 105 Å². The van der Waals surface area contributed by atoms with Crippen molar-refractivity contribution in [3.05, 3.63) is 186 Å². The van der Waals surface area contributed by atoms with E-state index in [-0.39, 0.29) is 10.8 Å². The van der Waals surface area contributed by atoms with Crippen LogP contribution in [0.15, 0.2) is 164 Å². The van der Waals surface area contributed by atoms with E-state index in [9.17, 15) is 0 Å². The minimum absolute atomic E-state index is 0.0905. The number of hydrogen-bond donors (Lipinski definition) is 0. The molecular formula is C55H47N. The van der Waals surface area contributed by atoms with Crippen LogP contribution in [-0.2, 0) is 10.8 Å². The molecule has 1 nitrogen and oxygen atoms in total. The molecule has 272 valence electrons. The molecule has 0 unspecified atom stereocenters. The molecule has 56 heavy (non-hydrogen) atoms. The van der Waals surface area contributed by atoms with Gasteiger partial charge in [0, 0.05) is 27.9 Å². The van der Waals surface area contributed by atoms with Gasteiger partial charge in [-0.15, -0.1) is 0 Å². The fraction of sp³-hybridized carbons (Fsp3) is 0.236. The summed E-state index contributed by atoms with van der Waals surface area (Å²) in [6, 6.07) is 62.3. The van der Waals surface area contributed by atoms with Crippen molar-refractivity contribution in [2.75, 3.05) is 4.90 Å². The molecule has 1 heteroatoms. The Balaban J connectivity index is 1.09. The van der Waals surface area contributed by atoms with E-state index in [4.69, 9.17) is 0 Å². The van der Waals surface area contributed by atoms with Gasteiger partial charge in [0.2, 0.25) is 0 Å². The van der Waals surface area contributed by atoms with Gasteiger partial charge in [-0.3, -0.25) is 0 Å². The maximum absolute atomic E-state index is 2.59. The van der Waals surface area contributed by atoms with E-state index in [1.807, 2.05) is 0 Å². The van der Waals surface area contributed by atoms with Gasteiger partial charge in [0.1, 0.15) is 0 Å². The predicted molar refractivity (Wildman–Crippen MR) is 233 cm³/mol. The second-order valence-corrected chi connectivity index (χ2v) is 18.1. The first-order chi connectivity index (χ1) is 27.5. The van der Waals surface area contributed by atoms with Gasteiger partial charge < -0.3 is 4.90 Å². The number of fused-ring (bicyclic) bond motifs is 6. The Bertz CT molecular complexity index is 2660. The van der Waals surface area contributed by atoms with Crippen molar-refractivity contribution in [3.8, 4) is 44.5 Å². The molecule has 1 spiro atoms. The van der Waals surface area contributed by atoms with Gasteiger partial charge in [0.25, 0.3) is 0 Å². The number of rotatable bonds is 5. The lowest BCUT2D eigenvalue weighted by Crippen LogP contribution is -2.55. The molecule has 0 aliphatic heterocycles. The summed E-state index contributed by atoms with van der Waals surface area (Å²) in [5, 5.41) is 0. The second-order valence-electron chi connectivity index (χ2n) is 18.1. The van der Waals surface area contributed by atoms with Crippen molar-refractivity contribution in [3.63, 3.8) is 0 Å². The molecule has 4 fully saturated rings. The van der Waals surface area contributed by atoms with Crippen molar-refractivity contribution in [2.45, 2.75) is 56.8 Å². The van der Waals surface area contributed by atoms with Gasteiger partial charge in [-0.2, -0.15) is 0 Å². The second kappa shape index (κ2) is 11.9. The van der Waals surface area contributed by atoms with Gasteiger partial charge in [-0.25, -0.2) is 0 Å². The summed E-state index contributed by atoms with van der Waals surface area (Å²) in [5.41, 5.74) is 20.4. The van der Waals surface area contributed by atoms with Crippen LogP contribution in [0.3, 0.4) is 0 Å². The monoisotopic (exact) mass is 721 g/mol. The Kier molecular flexibility index (Phi) is 6.93. The smallest absolute Gasteiger partial charge is 0.0468 e. The fourth-order valence-electron chi connectivity index (χ4n) is 13.0. The Morgan fingerprint density at radius 2 is 0.964 bits per heavy atom. The number of benzene rings is 7. The van der Waals surface area contributed by atoms with E-state index in [0.29, 0.717) is 0 Å². The molecule has 6 aliphatic rings. The van der Waals surface area contributed by atoms with E-state index < -0.39 is 0 Å². The lowest BCUT2D eigenvalue weighted by atomic mass is 9.43. The van der Waals surface area contributed by atoms with Gasteiger partial charge >= 0.3 is 0 Å². The molecule has 6 aliphatic carbocycles. The van der Waals surface area contributed by atoms with Crippen molar-refractivity contribution in [1.29, 1.82) is 0 Å². The van der Waals surface area contributed by atoms with Crippen LogP contribution in [0.1, 0.15) is 68.2 Å². The van der Waals surface area contributed by atoms with E-state index in [0.717, 1.165) is 23.7 Å². The first-order valence-electron chi connectivity index (χ1n) is 21.0. The summed E-state index contributed by atoms with van der Waals surface area (Å²) in [6.45, 7) is 4.79. The maximum Gasteiger partial charge on any atom is 0.0468 e. The minimum atomic E-state index is -0.0905. The van der Waals surface area contributed by atoms with Crippen LogP contribution in [0.5, 0.6) is 0 Å². The largest absolute Gasteiger partial charge is 0.310 e. The first-order valence-corrected chi connectivity index (χ1v) is 21.0. The third-order valence-corrected chi connectivity index (χ3v) is 15.0. The molecule has 7 aromatic carbocycles. The topological polar surface area (TPSA) is 3.24 Å². The van der Waals surface area contributed by atoms with Gasteiger partial charge in [-0.1, -0.05) is 141 Å². The normalized spacial score (nSPS) is 24.1. The van der Waals surface area contributed by atoms with Gasteiger partial charge in [0.15, 0.2) is 0 Å². The standard InChI is InChI=1S/C55H47N/c1-54(2)49-21-10-9-19-46(49)47-25-23-44(34-52(47)54)56(42-18-11-17-39(32-42)37-13-5-3-6-14-37)43-24-26-50-48(33-43)53-45(38-15-7-4-8-16-38)20-12-22-51(53)55(50)40-28-35-27-36(30-40)31-41(55)29-35/h3-26,32-36,40-41H,27-31H2,1-2H3. The molecule has 0 N–H and O–H groups in total. The van der Waals surface area contributed by atoms with Crippen LogP contribution in [-0.4, -0.2) is 0 Å². The summed E-state index contributed by atoms with van der Waals surface area (Å²) in [6.07, 6.45) is 7.00. The summed E-state index contributed by atoms with van der Waals surface area (Å²) in [5.74, 6) is 3.26. The third kappa shape index (κ3) is 4.49. The molecule has 4 saturated carbocycles. The molecule has 0 atom stereocenters. The fourth-order valence-corrected chi connectivity index (χ4v) is 13.0. The number of anilines is 3. The van der Waals surface area contributed by atoms with E-state index >= 15 is 0 Å². The van der Waals surface area contributed by atoms with Crippen LogP contribution in [0, 0.1) is 23.7 Å². The summed E-state index contributed by atoms with van der Waals surface area (Å²) >= 11 is 0. The lowest BCUT2D eigenvalue weighted by molar-refractivity contribution is -0.0399. The summed E-state index contributed by atoms with van der Waals surface area (Å²) in [7, 11) is 0. The highest BCUT2D eigenvalue weighted by atomic mass is 15.1. The summed E-state index contributed by atoms with van der Waals surface area (Å²) < 4.78 is 0. The molecule has 0 aromatic heterocycles. The average Bonchev–Trinajstić information content (AvgIpc) is 3.66. The maximum atomic E-state index is 2.59. The molecule has 0 heterocycles. The number of hydrogen-bond acceptors (Lipinski definition) is 1. The molecule has 0 saturated heterocycles. The molecule has 0 radical (unpaired) electrons. The Labute approximate surface area is 331 Å². The van der Waals surface area contributed by atoms with Crippen molar-refractivity contribution < 1.29 is 0 Å². The highest BCUT2D eigenvalue weighted by molar-refractivity contribution is 5.96. The minimum Gasteiger partial charge on any atom is -0.310 e. The van der Waals surface area contributed by atoms with Gasteiger partial charge in [0.05, 0.1) is 0 Å². The summed E-state index contributed by atoms with van der Waals surface area (Å²) in [4.78, 5) is 2.54. The van der Waals surface area contributed by atoms with Crippen LogP contribution >= 0.6 is 0 Å². The first kappa shape index (κ1) is 32.6. The molecule has 0 amide bonds. The van der Waals surface area contributed by atoms with Crippen molar-refractivity contribution in [2.24, 2.45) is 23.7 Å². The Morgan fingerprint density at radius 1 is 0.393 bits per heavy atom. The van der Waals surface area contributed by atoms with Crippen LogP contribution in [0.25, 0.3) is 44.5 Å². The zero-order valence-corrected chi connectivity index (χ0v) is 32.4. The van der Waals surface area contributed by atoms with Gasteiger partial charge in [-0.05, 0) is 159 Å². The SMILES string of the molecule is CC1(C)c2ccccc2-c2ccc(N(c3cccc(-c4ccccc4)c3)c3ccc4c(c3)-c3c(-c5ccccc5)cccc3C43C4CC5CC(C4)CC3C5)cc21. The van der Waals surface area contributed by atoms with Crippen molar-refractivity contribution >= 4 is 17.1 Å². The number of nitrogens with zero attached hydrogens (tertiary/aromatic N) is 1. The highest BCUT2D eigenvalue weighted by Gasteiger charge is 2.61. The van der Waals surface area contributed by atoms with Crippen molar-refractivity contribution in [1.82, 2.24) is 0 Å². The average molecular weight is 722 g/mol. The van der Waals surface area contributed by atoms with Crippen LogP contribution < -0.4 is 4.90 Å². The van der Waals surface area contributed by atoms with Crippen LogP contribution in [0.4, 0.5) is 17.1 Å². The predicted octanol–water partition coefficient (Wildman–Crippen LogP) is 14.5. The molecular weight excluding hydrogens is 675 g/mol. The molecule has 4 bridgehead atoms. The zero-order chi connectivity index (χ0) is 37.2. The molecule has 7 aromatic rings. The Hall–Kier alpha value is -5.66. The highest BCUT2D eigenvalue weighted by Crippen LogP contribution is 2.70.